The maximum atomic E-state index is 15.7. The van der Waals surface area contributed by atoms with Crippen LogP contribution in [0.2, 0.25) is 0 Å². The first-order chi connectivity index (χ1) is 21.0. The summed E-state index contributed by atoms with van der Waals surface area (Å²) < 4.78 is 78.5. The van der Waals surface area contributed by atoms with Gasteiger partial charge in [0, 0.05) is 36.3 Å². The Morgan fingerprint density at radius 1 is 0.886 bits per heavy atom. The summed E-state index contributed by atoms with van der Waals surface area (Å²) in [5.74, 6) is -3.55. The van der Waals surface area contributed by atoms with Gasteiger partial charge in [0.1, 0.15) is 23.0 Å². The number of aryl methyl sites for hydroxylation is 1. The van der Waals surface area contributed by atoms with Gasteiger partial charge in [-0.25, -0.2) is 26.4 Å². The number of carbonyl (C=O) groups excluding carboxylic acids is 1. The van der Waals surface area contributed by atoms with Crippen LogP contribution in [0.1, 0.15) is 34.0 Å². The number of rotatable bonds is 6. The highest BCUT2D eigenvalue weighted by atomic mass is 32.2. The van der Waals surface area contributed by atoms with Gasteiger partial charge in [-0.15, -0.1) is 0 Å². The minimum Gasteiger partial charge on any atom is -0.462 e. The molecule has 0 amide bonds. The van der Waals surface area contributed by atoms with E-state index in [1.165, 1.54) is 14.9 Å². The lowest BCUT2D eigenvalue weighted by Crippen LogP contribution is -2.25. The number of ether oxygens (including phenoxy) is 1. The van der Waals surface area contributed by atoms with E-state index in [-0.39, 0.29) is 46.7 Å². The molecule has 0 saturated carbocycles. The highest BCUT2D eigenvalue weighted by Crippen LogP contribution is 2.34. The summed E-state index contributed by atoms with van der Waals surface area (Å²) >= 11 is 0. The van der Waals surface area contributed by atoms with E-state index >= 15 is 4.39 Å². The molecule has 0 fully saturated rings. The lowest BCUT2D eigenvalue weighted by Gasteiger charge is -2.16. The second kappa shape index (κ2) is 11.1. The summed E-state index contributed by atoms with van der Waals surface area (Å²) in [5, 5.41) is -0.211. The van der Waals surface area contributed by atoms with Crippen molar-refractivity contribution in [1.82, 2.24) is 8.87 Å². The van der Waals surface area contributed by atoms with Gasteiger partial charge in [-0.05, 0) is 73.0 Å². The van der Waals surface area contributed by atoms with Crippen LogP contribution in [0.25, 0.3) is 27.7 Å². The number of sulfonamides is 1. The van der Waals surface area contributed by atoms with Crippen LogP contribution in [0.4, 0.5) is 13.2 Å². The molecule has 5 aromatic rings. The lowest BCUT2D eigenvalue weighted by molar-refractivity contribution is 0.0524. The first kappa shape index (κ1) is 29.3. The van der Waals surface area contributed by atoms with E-state index in [0.717, 1.165) is 35.5 Å². The molecule has 4 aromatic carbocycles. The topological polar surface area (TPSA) is 85.7 Å². The molecule has 0 N–H and O–H groups in total. The molecule has 7 nitrogen and oxygen atoms in total. The molecule has 11 heteroatoms. The van der Waals surface area contributed by atoms with E-state index in [1.807, 2.05) is 6.92 Å². The number of carbonyl (C=O) groups is 1. The largest absolute Gasteiger partial charge is 0.462 e. The van der Waals surface area contributed by atoms with Crippen molar-refractivity contribution in [2.75, 3.05) is 6.61 Å². The van der Waals surface area contributed by atoms with Gasteiger partial charge in [0.15, 0.2) is 0 Å². The molecule has 0 spiro atoms. The first-order valence-electron chi connectivity index (χ1n) is 13.7. The number of nitrogens with zero attached hydrogens (tertiary/aromatic N) is 2. The molecule has 224 valence electrons. The number of fused-ring (bicyclic) bond motifs is 2. The van der Waals surface area contributed by atoms with Crippen molar-refractivity contribution in [2.24, 2.45) is 0 Å². The van der Waals surface area contributed by atoms with Gasteiger partial charge in [-0.3, -0.25) is 4.79 Å². The molecule has 0 unspecified atom stereocenters. The average Bonchev–Trinajstić information content (AvgIpc) is 3.43. The third-order valence-electron chi connectivity index (χ3n) is 7.63. The fraction of sp³-hybridized carbons (Fsp3) is 0.152. The van der Waals surface area contributed by atoms with Crippen molar-refractivity contribution in [3.8, 4) is 16.8 Å². The number of aromatic nitrogens is 1. The first-order valence-corrected chi connectivity index (χ1v) is 15.1. The van der Waals surface area contributed by atoms with Gasteiger partial charge < -0.3 is 9.30 Å². The smallest absolute Gasteiger partial charge is 0.343 e. The predicted molar refractivity (Wildman–Crippen MR) is 158 cm³/mol. The van der Waals surface area contributed by atoms with Crippen LogP contribution in [0, 0.1) is 24.4 Å². The predicted octanol–water partition coefficient (Wildman–Crippen LogP) is 6.26. The third-order valence-corrected chi connectivity index (χ3v) is 9.43. The Balaban J connectivity index is 1.46. The summed E-state index contributed by atoms with van der Waals surface area (Å²) in [7, 11) is -3.78. The zero-order chi connectivity index (χ0) is 31.3. The van der Waals surface area contributed by atoms with Crippen molar-refractivity contribution < 1.29 is 31.1 Å². The maximum absolute atomic E-state index is 15.7. The number of benzene rings is 4. The zero-order valence-electron chi connectivity index (χ0n) is 23.6. The number of hydrogen-bond acceptors (Lipinski definition) is 5. The van der Waals surface area contributed by atoms with Crippen molar-refractivity contribution in [3.63, 3.8) is 0 Å². The van der Waals surface area contributed by atoms with Crippen molar-refractivity contribution in [2.45, 2.75) is 31.8 Å². The fourth-order valence-electron chi connectivity index (χ4n) is 5.36. The minimum absolute atomic E-state index is 0.0312. The van der Waals surface area contributed by atoms with Gasteiger partial charge in [0.2, 0.25) is 15.5 Å². The summed E-state index contributed by atoms with van der Waals surface area (Å²) in [5.41, 5.74) is 1.45. The Kier molecular flexibility index (Phi) is 7.38. The molecule has 0 radical (unpaired) electrons. The highest BCUT2D eigenvalue weighted by molar-refractivity contribution is 7.89. The Bertz CT molecular complexity index is 2140. The Hall–Kier alpha value is -4.74. The van der Waals surface area contributed by atoms with Crippen molar-refractivity contribution in [3.05, 3.63) is 129 Å². The molecule has 0 atom stereocenters. The van der Waals surface area contributed by atoms with Gasteiger partial charge in [-0.1, -0.05) is 29.8 Å². The molecule has 0 aliphatic carbocycles. The van der Waals surface area contributed by atoms with Gasteiger partial charge in [-0.2, -0.15) is 4.31 Å². The minimum atomic E-state index is -3.78. The Labute approximate surface area is 250 Å². The van der Waals surface area contributed by atoms with E-state index in [4.69, 9.17) is 4.74 Å². The van der Waals surface area contributed by atoms with Crippen LogP contribution in [-0.2, 0) is 27.8 Å². The summed E-state index contributed by atoms with van der Waals surface area (Å²) in [6, 6.07) is 16.7. The SMILES string of the molecule is CCOC(=O)c1cn(-c2ccc(F)cc2F)c2cc(-c3ccc4c(c3)CN(S(=O)(=O)c3ccc(C)cc3)C4)c(F)cc2c1=O. The molecule has 1 aliphatic heterocycles. The highest BCUT2D eigenvalue weighted by Gasteiger charge is 2.31. The van der Waals surface area contributed by atoms with E-state index < -0.39 is 44.4 Å². The summed E-state index contributed by atoms with van der Waals surface area (Å²) in [6.45, 7) is 3.60. The van der Waals surface area contributed by atoms with Crippen molar-refractivity contribution in [1.29, 1.82) is 0 Å². The molecule has 1 aromatic heterocycles. The van der Waals surface area contributed by atoms with Crippen LogP contribution in [-0.4, -0.2) is 29.9 Å². The standard InChI is InChI=1S/C33H25F3N2O5S/c1-3-43-33(40)27-18-38(30-11-8-23(34)13-29(30)36)31-15-25(28(35)14-26(31)32(27)39)20-6-7-21-16-37(17-22(21)12-20)44(41,42)24-9-4-19(2)5-10-24/h4-15,18H,3,16-17H2,1-2H3. The van der Waals surface area contributed by atoms with Crippen LogP contribution >= 0.6 is 0 Å². The molecule has 1 aliphatic rings. The zero-order valence-corrected chi connectivity index (χ0v) is 24.4. The molecule has 0 bridgehead atoms. The molecule has 2 heterocycles. The quantitative estimate of drug-likeness (QED) is 0.210. The second-order valence-corrected chi connectivity index (χ2v) is 12.4. The number of pyridine rings is 1. The molecular formula is C33H25F3N2O5S. The van der Waals surface area contributed by atoms with E-state index in [9.17, 15) is 26.8 Å². The van der Waals surface area contributed by atoms with E-state index in [1.54, 1.807) is 49.4 Å². The van der Waals surface area contributed by atoms with Gasteiger partial charge >= 0.3 is 5.97 Å². The monoisotopic (exact) mass is 618 g/mol. The second-order valence-electron chi connectivity index (χ2n) is 10.5. The van der Waals surface area contributed by atoms with E-state index in [0.29, 0.717) is 17.2 Å². The third kappa shape index (κ3) is 5.07. The summed E-state index contributed by atoms with van der Waals surface area (Å²) in [6.07, 6.45) is 1.09. The normalized spacial score (nSPS) is 13.3. The number of hydrogen-bond donors (Lipinski definition) is 0. The lowest BCUT2D eigenvalue weighted by atomic mass is 9.98. The van der Waals surface area contributed by atoms with Crippen LogP contribution < -0.4 is 5.43 Å². The Morgan fingerprint density at radius 2 is 1.61 bits per heavy atom. The summed E-state index contributed by atoms with van der Waals surface area (Å²) in [4.78, 5) is 26.0. The molecule has 6 rings (SSSR count). The molecule has 0 saturated heterocycles. The number of halogens is 3. The molecular weight excluding hydrogens is 593 g/mol. The van der Waals surface area contributed by atoms with Gasteiger partial charge in [0.25, 0.3) is 0 Å². The van der Waals surface area contributed by atoms with Crippen molar-refractivity contribution >= 4 is 26.9 Å². The van der Waals surface area contributed by atoms with E-state index in [2.05, 4.69) is 0 Å². The Morgan fingerprint density at radius 3 is 2.32 bits per heavy atom. The van der Waals surface area contributed by atoms with Gasteiger partial charge in [0.05, 0.1) is 22.7 Å². The van der Waals surface area contributed by atoms with Crippen LogP contribution in [0.5, 0.6) is 0 Å². The number of esters is 1. The van der Waals surface area contributed by atoms with Crippen LogP contribution in [0.15, 0.2) is 88.7 Å². The average molecular weight is 619 g/mol. The fourth-order valence-corrected chi connectivity index (χ4v) is 6.75. The van der Waals surface area contributed by atoms with Crippen LogP contribution in [0.3, 0.4) is 0 Å². The maximum Gasteiger partial charge on any atom is 0.343 e. The molecule has 44 heavy (non-hydrogen) atoms.